The topological polar surface area (TPSA) is 21.3 Å². The Labute approximate surface area is 105 Å². The van der Waals surface area contributed by atoms with Crippen molar-refractivity contribution in [2.24, 2.45) is 0 Å². The third-order valence-electron chi connectivity index (χ3n) is 3.83. The van der Waals surface area contributed by atoms with Gasteiger partial charge < -0.3 is 10.1 Å². The molecule has 3 heteroatoms. The number of anilines is 1. The van der Waals surface area contributed by atoms with E-state index < -0.39 is 0 Å². The van der Waals surface area contributed by atoms with E-state index >= 15 is 0 Å². The van der Waals surface area contributed by atoms with Crippen LogP contribution in [0.2, 0.25) is 0 Å². The molecule has 0 aromatic heterocycles. The van der Waals surface area contributed by atoms with Crippen molar-refractivity contribution in [3.63, 3.8) is 0 Å². The van der Waals surface area contributed by atoms with Crippen molar-refractivity contribution >= 4 is 21.6 Å². The van der Waals surface area contributed by atoms with E-state index in [-0.39, 0.29) is 0 Å². The lowest BCUT2D eigenvalue weighted by molar-refractivity contribution is -0.00528. The van der Waals surface area contributed by atoms with Gasteiger partial charge in [0.2, 0.25) is 0 Å². The highest BCUT2D eigenvalue weighted by molar-refractivity contribution is 9.10. The average molecular weight is 282 g/mol. The van der Waals surface area contributed by atoms with Crippen LogP contribution in [0.3, 0.4) is 0 Å². The zero-order chi connectivity index (χ0) is 11.2. The highest BCUT2D eigenvalue weighted by Crippen LogP contribution is 2.45. The maximum atomic E-state index is 5.67. The lowest BCUT2D eigenvalue weighted by Gasteiger charge is -2.37. The first-order chi connectivity index (χ1) is 7.70. The molecule has 3 rings (SSSR count). The van der Waals surface area contributed by atoms with Gasteiger partial charge in [-0.1, -0.05) is 15.9 Å². The summed E-state index contributed by atoms with van der Waals surface area (Å²) in [5.74, 6) is 0. The molecule has 2 aliphatic heterocycles. The highest BCUT2D eigenvalue weighted by atomic mass is 79.9. The molecule has 1 N–H and O–H groups in total. The Morgan fingerprint density at radius 3 is 3.19 bits per heavy atom. The van der Waals surface area contributed by atoms with Crippen LogP contribution in [-0.4, -0.2) is 19.3 Å². The van der Waals surface area contributed by atoms with E-state index in [2.05, 4.69) is 46.4 Å². The van der Waals surface area contributed by atoms with Gasteiger partial charge in [0.15, 0.2) is 0 Å². The number of hydrogen-bond donors (Lipinski definition) is 1. The van der Waals surface area contributed by atoms with Crippen molar-refractivity contribution in [3.8, 4) is 0 Å². The van der Waals surface area contributed by atoms with Gasteiger partial charge in [0, 0.05) is 28.7 Å². The molecular weight excluding hydrogens is 266 g/mol. The molecule has 1 aromatic rings. The second-order valence-electron chi connectivity index (χ2n) is 4.96. The molecule has 2 aliphatic rings. The quantitative estimate of drug-likeness (QED) is 0.788. The Bertz CT molecular complexity index is 416. The number of nitrogens with one attached hydrogen (secondary N) is 1. The van der Waals surface area contributed by atoms with E-state index in [4.69, 9.17) is 4.74 Å². The van der Waals surface area contributed by atoms with Crippen LogP contribution in [0.25, 0.3) is 0 Å². The lowest BCUT2D eigenvalue weighted by atomic mass is 9.74. The predicted octanol–water partition coefficient (Wildman–Crippen LogP) is 3.31. The summed E-state index contributed by atoms with van der Waals surface area (Å²) in [7, 11) is 0. The zero-order valence-electron chi connectivity index (χ0n) is 9.42. The zero-order valence-corrected chi connectivity index (χ0v) is 11.0. The van der Waals surface area contributed by atoms with Gasteiger partial charge in [0.05, 0.1) is 6.10 Å². The third-order valence-corrected chi connectivity index (χ3v) is 4.32. The molecule has 2 atom stereocenters. The predicted molar refractivity (Wildman–Crippen MR) is 69.0 cm³/mol. The molecule has 0 amide bonds. The Balaban J connectivity index is 2.03. The number of hydrogen-bond acceptors (Lipinski definition) is 2. The minimum Gasteiger partial charge on any atom is -0.384 e. The summed E-state index contributed by atoms with van der Waals surface area (Å²) in [5, 5.41) is 3.53. The van der Waals surface area contributed by atoms with Crippen molar-refractivity contribution in [1.82, 2.24) is 0 Å². The largest absolute Gasteiger partial charge is 0.384 e. The fourth-order valence-corrected chi connectivity index (χ4v) is 3.40. The van der Waals surface area contributed by atoms with Crippen LogP contribution < -0.4 is 5.32 Å². The molecule has 86 valence electrons. The van der Waals surface area contributed by atoms with Gasteiger partial charge in [-0.2, -0.15) is 0 Å². The minimum atomic E-state index is 0.302. The van der Waals surface area contributed by atoms with Crippen molar-refractivity contribution in [3.05, 3.63) is 28.2 Å². The van der Waals surface area contributed by atoms with E-state index in [9.17, 15) is 0 Å². The molecule has 2 unspecified atom stereocenters. The van der Waals surface area contributed by atoms with Gasteiger partial charge in [0.25, 0.3) is 0 Å². The molecule has 1 saturated heterocycles. The van der Waals surface area contributed by atoms with E-state index in [1.165, 1.54) is 15.7 Å². The van der Waals surface area contributed by atoms with Crippen LogP contribution in [0.15, 0.2) is 22.7 Å². The maximum absolute atomic E-state index is 5.67. The number of ether oxygens (including phenoxy) is 1. The van der Waals surface area contributed by atoms with Crippen molar-refractivity contribution in [2.45, 2.75) is 31.3 Å². The highest BCUT2D eigenvalue weighted by Gasteiger charge is 2.42. The fraction of sp³-hybridized carbons (Fsp3) is 0.538. The summed E-state index contributed by atoms with van der Waals surface area (Å²) in [6, 6.07) is 6.55. The van der Waals surface area contributed by atoms with E-state index in [0.717, 1.165) is 26.0 Å². The molecule has 2 nitrogen and oxygen atoms in total. The number of fused-ring (bicyclic) bond motifs is 2. The molecule has 2 heterocycles. The van der Waals surface area contributed by atoms with Crippen molar-refractivity contribution in [2.75, 3.05) is 18.5 Å². The summed E-state index contributed by atoms with van der Waals surface area (Å²) in [4.78, 5) is 0. The Hall–Kier alpha value is -0.540. The monoisotopic (exact) mass is 281 g/mol. The van der Waals surface area contributed by atoms with Gasteiger partial charge in [-0.15, -0.1) is 0 Å². The molecule has 0 radical (unpaired) electrons. The van der Waals surface area contributed by atoms with Crippen LogP contribution in [0.5, 0.6) is 0 Å². The first-order valence-corrected chi connectivity index (χ1v) is 6.64. The van der Waals surface area contributed by atoms with Crippen LogP contribution in [-0.2, 0) is 10.2 Å². The van der Waals surface area contributed by atoms with Crippen LogP contribution >= 0.6 is 15.9 Å². The summed E-state index contributed by atoms with van der Waals surface area (Å²) in [6.07, 6.45) is 2.64. The second-order valence-corrected chi connectivity index (χ2v) is 5.87. The van der Waals surface area contributed by atoms with Gasteiger partial charge in [-0.05, 0) is 43.5 Å². The molecule has 1 aromatic carbocycles. The average Bonchev–Trinajstić information content (AvgIpc) is 2.58. The van der Waals surface area contributed by atoms with Gasteiger partial charge in [-0.3, -0.25) is 0 Å². The Kier molecular flexibility index (Phi) is 2.48. The van der Waals surface area contributed by atoms with Crippen LogP contribution in [0.4, 0.5) is 5.69 Å². The van der Waals surface area contributed by atoms with E-state index in [1.807, 2.05) is 0 Å². The summed E-state index contributed by atoms with van der Waals surface area (Å²) in [6.45, 7) is 4.12. The fourth-order valence-electron chi connectivity index (χ4n) is 3.04. The standard InChI is InChI=1S/C13H16BrNO/c1-9-7-13(4-5-16-9)8-15-12-3-2-10(14)6-11(12)13/h2-3,6,9,15H,4-5,7-8H2,1H3. The Morgan fingerprint density at radius 1 is 1.50 bits per heavy atom. The second kappa shape index (κ2) is 3.74. The number of halogens is 1. The van der Waals surface area contributed by atoms with Crippen molar-refractivity contribution in [1.29, 1.82) is 0 Å². The number of rotatable bonds is 0. The Morgan fingerprint density at radius 2 is 2.38 bits per heavy atom. The van der Waals surface area contributed by atoms with Gasteiger partial charge in [-0.25, -0.2) is 0 Å². The van der Waals surface area contributed by atoms with Crippen molar-refractivity contribution < 1.29 is 4.74 Å². The van der Waals surface area contributed by atoms with Gasteiger partial charge in [0.1, 0.15) is 0 Å². The first-order valence-electron chi connectivity index (χ1n) is 5.85. The molecule has 0 aliphatic carbocycles. The molecule has 0 bridgehead atoms. The molecule has 0 saturated carbocycles. The molecular formula is C13H16BrNO. The maximum Gasteiger partial charge on any atom is 0.0556 e. The molecule has 1 spiro atoms. The SMILES string of the molecule is CC1CC2(CCO1)CNc1ccc(Br)cc12. The lowest BCUT2D eigenvalue weighted by Crippen LogP contribution is -2.39. The number of benzene rings is 1. The van der Waals surface area contributed by atoms with Gasteiger partial charge >= 0.3 is 0 Å². The summed E-state index contributed by atoms with van der Waals surface area (Å²) >= 11 is 3.57. The first kappa shape index (κ1) is 10.6. The van der Waals surface area contributed by atoms with E-state index in [1.54, 1.807) is 0 Å². The molecule has 16 heavy (non-hydrogen) atoms. The molecule has 1 fully saturated rings. The third kappa shape index (κ3) is 1.57. The van der Waals surface area contributed by atoms with Crippen LogP contribution in [0, 0.1) is 0 Å². The normalized spacial score (nSPS) is 32.5. The summed E-state index contributed by atoms with van der Waals surface area (Å²) < 4.78 is 6.84. The van der Waals surface area contributed by atoms with E-state index in [0.29, 0.717) is 11.5 Å². The smallest absolute Gasteiger partial charge is 0.0556 e. The summed E-state index contributed by atoms with van der Waals surface area (Å²) in [5.41, 5.74) is 3.07. The van der Waals surface area contributed by atoms with Crippen LogP contribution in [0.1, 0.15) is 25.3 Å². The minimum absolute atomic E-state index is 0.302.